The fourth-order valence-electron chi connectivity index (χ4n) is 3.42. The average molecular weight is 479 g/mol. The van der Waals surface area contributed by atoms with Crippen molar-refractivity contribution in [3.8, 4) is 6.07 Å². The van der Waals surface area contributed by atoms with Gasteiger partial charge in [-0.25, -0.2) is 9.59 Å². The van der Waals surface area contributed by atoms with Gasteiger partial charge in [0.25, 0.3) is 0 Å². The summed E-state index contributed by atoms with van der Waals surface area (Å²) in [4.78, 5) is 24.7. The van der Waals surface area contributed by atoms with Gasteiger partial charge in [0.05, 0.1) is 24.4 Å². The summed E-state index contributed by atoms with van der Waals surface area (Å²) in [5.74, 6) is -1.22. The highest BCUT2D eigenvalue weighted by atomic mass is 32.1. The number of esters is 2. The molecule has 0 spiro atoms. The van der Waals surface area contributed by atoms with Gasteiger partial charge in [0.1, 0.15) is 22.6 Å². The van der Waals surface area contributed by atoms with E-state index in [0.29, 0.717) is 6.54 Å². The molecule has 9 heteroatoms. The Balaban J connectivity index is 1.72. The highest BCUT2D eigenvalue weighted by Crippen LogP contribution is 2.32. The van der Waals surface area contributed by atoms with E-state index in [1.165, 1.54) is 11.6 Å². The van der Waals surface area contributed by atoms with E-state index in [4.69, 9.17) is 15.2 Å². The fraction of sp³-hybridized carbons (Fsp3) is 0.280. The van der Waals surface area contributed by atoms with Crippen LogP contribution in [0.4, 0.5) is 5.00 Å². The number of thiophene rings is 1. The quantitative estimate of drug-likeness (QED) is 0.378. The van der Waals surface area contributed by atoms with Crippen LogP contribution in [0.5, 0.6) is 0 Å². The number of aromatic nitrogens is 2. The molecule has 2 N–H and O–H groups in total. The molecule has 0 fully saturated rings. The molecular weight excluding hydrogens is 452 g/mol. The molecule has 0 atom stereocenters. The first-order chi connectivity index (χ1) is 16.2. The molecule has 8 nitrogen and oxygen atoms in total. The number of benzene rings is 1. The summed E-state index contributed by atoms with van der Waals surface area (Å²) in [6.07, 6.45) is 2.96. The summed E-state index contributed by atoms with van der Waals surface area (Å²) in [7, 11) is 0. The van der Waals surface area contributed by atoms with Crippen molar-refractivity contribution in [1.29, 1.82) is 5.26 Å². The number of rotatable bonds is 8. The van der Waals surface area contributed by atoms with Crippen LogP contribution in [0, 0.1) is 32.1 Å². The van der Waals surface area contributed by atoms with Gasteiger partial charge in [0.15, 0.2) is 0 Å². The van der Waals surface area contributed by atoms with E-state index in [0.717, 1.165) is 33.9 Å². The van der Waals surface area contributed by atoms with Gasteiger partial charge in [-0.3, -0.25) is 4.68 Å². The number of carbonyl (C=O) groups excluding carboxylic acids is 2. The molecule has 0 aliphatic heterocycles. The Labute approximate surface area is 202 Å². The van der Waals surface area contributed by atoms with Crippen molar-refractivity contribution in [3.63, 3.8) is 0 Å². The molecule has 34 heavy (non-hydrogen) atoms. The Morgan fingerprint density at radius 3 is 2.56 bits per heavy atom. The molecule has 2 aromatic heterocycles. The minimum absolute atomic E-state index is 0.119. The number of anilines is 1. The second-order valence-electron chi connectivity index (χ2n) is 7.65. The van der Waals surface area contributed by atoms with Gasteiger partial charge in [-0.2, -0.15) is 10.4 Å². The van der Waals surface area contributed by atoms with E-state index < -0.39 is 11.9 Å². The maximum atomic E-state index is 12.4. The molecule has 1 aromatic carbocycles. The maximum absolute atomic E-state index is 12.4. The topological polar surface area (TPSA) is 120 Å². The smallest absolute Gasteiger partial charge is 0.348 e. The van der Waals surface area contributed by atoms with Gasteiger partial charge < -0.3 is 15.2 Å². The number of aryl methyl sites for hydroxylation is 2. The fourth-order valence-corrected chi connectivity index (χ4v) is 4.34. The minimum Gasteiger partial charge on any atom is -0.462 e. The lowest BCUT2D eigenvalue weighted by Gasteiger charge is -2.06. The van der Waals surface area contributed by atoms with Crippen molar-refractivity contribution in [1.82, 2.24) is 9.78 Å². The Morgan fingerprint density at radius 2 is 1.91 bits per heavy atom. The van der Waals surface area contributed by atoms with Crippen LogP contribution in [0.2, 0.25) is 0 Å². The molecule has 2 heterocycles. The number of hydrogen-bond donors (Lipinski definition) is 1. The van der Waals surface area contributed by atoms with Crippen LogP contribution in [-0.4, -0.2) is 28.3 Å². The van der Waals surface area contributed by atoms with E-state index >= 15 is 0 Å². The number of nitrogens with zero attached hydrogens (tertiary/aromatic N) is 3. The summed E-state index contributed by atoms with van der Waals surface area (Å²) in [5.41, 5.74) is 11.1. The Morgan fingerprint density at radius 1 is 1.21 bits per heavy atom. The lowest BCUT2D eigenvalue weighted by Crippen LogP contribution is -2.08. The molecule has 0 radical (unpaired) electrons. The number of carbonyl (C=O) groups is 2. The highest BCUT2D eigenvalue weighted by Gasteiger charge is 2.23. The molecule has 0 aliphatic carbocycles. The van der Waals surface area contributed by atoms with Crippen LogP contribution < -0.4 is 5.73 Å². The van der Waals surface area contributed by atoms with Crippen LogP contribution in [-0.2, 0) is 27.4 Å². The van der Waals surface area contributed by atoms with Gasteiger partial charge in [0, 0.05) is 22.9 Å². The largest absolute Gasteiger partial charge is 0.462 e. The molecule has 0 saturated heterocycles. The maximum Gasteiger partial charge on any atom is 0.348 e. The van der Waals surface area contributed by atoms with Crippen LogP contribution in [0.25, 0.3) is 6.08 Å². The van der Waals surface area contributed by atoms with E-state index in [1.54, 1.807) is 13.0 Å². The normalized spacial score (nSPS) is 10.9. The lowest BCUT2D eigenvalue weighted by molar-refractivity contribution is -0.138. The SMILES string of the molecule is CCOC(=O)c1sc(N)c(C#N)c1COC(=O)/C=C/c1c(C)nn(Cc2ccc(C)cc2)c1C. The van der Waals surface area contributed by atoms with Crippen molar-refractivity contribution < 1.29 is 19.1 Å². The predicted octanol–water partition coefficient (Wildman–Crippen LogP) is 4.31. The minimum atomic E-state index is -0.617. The summed E-state index contributed by atoms with van der Waals surface area (Å²) < 4.78 is 12.2. The lowest BCUT2D eigenvalue weighted by atomic mass is 10.1. The van der Waals surface area contributed by atoms with Crippen molar-refractivity contribution in [3.05, 3.63) is 74.4 Å². The molecule has 0 unspecified atom stereocenters. The summed E-state index contributed by atoms with van der Waals surface area (Å²) >= 11 is 0.944. The molecule has 3 aromatic rings. The number of ether oxygens (including phenoxy) is 2. The second-order valence-corrected chi connectivity index (χ2v) is 8.70. The van der Waals surface area contributed by atoms with Crippen molar-refractivity contribution >= 4 is 34.4 Å². The van der Waals surface area contributed by atoms with Crippen LogP contribution >= 0.6 is 11.3 Å². The van der Waals surface area contributed by atoms with E-state index in [1.807, 2.05) is 31.5 Å². The molecule has 176 valence electrons. The zero-order chi connectivity index (χ0) is 24.8. The van der Waals surface area contributed by atoms with E-state index in [2.05, 4.69) is 29.4 Å². The van der Waals surface area contributed by atoms with Gasteiger partial charge in [-0.1, -0.05) is 29.8 Å². The Bertz CT molecular complexity index is 1280. The monoisotopic (exact) mass is 478 g/mol. The highest BCUT2D eigenvalue weighted by molar-refractivity contribution is 7.18. The standard InChI is InChI=1S/C25H26N4O4S/c1-5-32-25(31)23-21(20(12-26)24(27)34-23)14-33-22(30)11-10-19-16(3)28-29(17(19)4)13-18-8-6-15(2)7-9-18/h6-11H,5,13-14,27H2,1-4H3/b11-10+. The molecule has 0 aliphatic rings. The van der Waals surface area contributed by atoms with E-state index in [-0.39, 0.29) is 34.2 Å². The molecule has 0 saturated carbocycles. The molecule has 3 rings (SSSR count). The van der Waals surface area contributed by atoms with Crippen LogP contribution in [0.1, 0.15) is 55.8 Å². The number of nitrogen functional groups attached to an aromatic ring is 1. The number of nitrogens with two attached hydrogens (primary N) is 1. The van der Waals surface area contributed by atoms with Crippen LogP contribution in [0.15, 0.2) is 30.3 Å². The Kier molecular flexibility index (Phi) is 7.87. The first kappa shape index (κ1) is 24.7. The third kappa shape index (κ3) is 5.53. The zero-order valence-corrected chi connectivity index (χ0v) is 20.4. The third-order valence-corrected chi connectivity index (χ3v) is 6.28. The molecular formula is C25H26N4O4S. The van der Waals surface area contributed by atoms with Gasteiger partial charge in [-0.05, 0) is 39.3 Å². The average Bonchev–Trinajstić information content (AvgIpc) is 3.27. The van der Waals surface area contributed by atoms with Gasteiger partial charge in [0.2, 0.25) is 0 Å². The number of nitriles is 1. The number of hydrogen-bond acceptors (Lipinski definition) is 8. The van der Waals surface area contributed by atoms with Crippen molar-refractivity contribution in [2.75, 3.05) is 12.3 Å². The predicted molar refractivity (Wildman–Crippen MR) is 130 cm³/mol. The van der Waals surface area contributed by atoms with Gasteiger partial charge in [-0.15, -0.1) is 11.3 Å². The molecule has 0 amide bonds. The van der Waals surface area contributed by atoms with Crippen LogP contribution in [0.3, 0.4) is 0 Å². The van der Waals surface area contributed by atoms with Gasteiger partial charge >= 0.3 is 11.9 Å². The van der Waals surface area contributed by atoms with Crippen molar-refractivity contribution in [2.24, 2.45) is 0 Å². The summed E-state index contributed by atoms with van der Waals surface area (Å²) in [6.45, 7) is 8.08. The molecule has 0 bridgehead atoms. The summed E-state index contributed by atoms with van der Waals surface area (Å²) in [5, 5.41) is 14.2. The summed E-state index contributed by atoms with van der Waals surface area (Å²) in [6, 6.07) is 10.2. The first-order valence-corrected chi connectivity index (χ1v) is 11.5. The second kappa shape index (κ2) is 10.8. The van der Waals surface area contributed by atoms with Crippen molar-refractivity contribution in [2.45, 2.75) is 40.8 Å². The zero-order valence-electron chi connectivity index (χ0n) is 19.5. The van der Waals surface area contributed by atoms with E-state index in [9.17, 15) is 14.9 Å². The Hall–Kier alpha value is -3.90. The first-order valence-electron chi connectivity index (χ1n) is 10.7. The third-order valence-electron chi connectivity index (χ3n) is 5.24.